The molecule has 1 saturated heterocycles. The van der Waals surface area contributed by atoms with Crippen molar-refractivity contribution in [3.63, 3.8) is 0 Å². The number of rotatable bonds is 7. The van der Waals surface area contributed by atoms with Crippen LogP contribution in [0, 0.1) is 9.39 Å². The number of hydrogen-bond donors (Lipinski definition) is 4. The zero-order valence-corrected chi connectivity index (χ0v) is 20.1. The normalized spacial score (nSPS) is 15.0. The van der Waals surface area contributed by atoms with Gasteiger partial charge in [0, 0.05) is 27.2 Å². The summed E-state index contributed by atoms with van der Waals surface area (Å²) in [6.45, 7) is 1.46. The molecule has 1 aliphatic rings. The van der Waals surface area contributed by atoms with Crippen molar-refractivity contribution in [2.75, 3.05) is 26.2 Å². The van der Waals surface area contributed by atoms with Crippen LogP contribution in [0.4, 0.5) is 4.39 Å². The van der Waals surface area contributed by atoms with E-state index in [-0.39, 0.29) is 30.5 Å². The Morgan fingerprint density at radius 1 is 1.00 bits per heavy atom. The van der Waals surface area contributed by atoms with Crippen LogP contribution >= 0.6 is 34.2 Å². The molecule has 170 valence electrons. The molecule has 1 heterocycles. The molecule has 3 amide bonds. The van der Waals surface area contributed by atoms with E-state index in [4.69, 9.17) is 11.6 Å². The number of halogens is 3. The smallest absolute Gasteiger partial charge is 0.256 e. The Kier molecular flexibility index (Phi) is 8.44. The van der Waals surface area contributed by atoms with Gasteiger partial charge < -0.3 is 21.3 Å². The molecule has 1 fully saturated rings. The summed E-state index contributed by atoms with van der Waals surface area (Å²) in [5, 5.41) is 12.0. The highest BCUT2D eigenvalue weighted by Crippen LogP contribution is 2.22. The topological polar surface area (TPSA) is 99.3 Å². The molecule has 0 aromatic heterocycles. The molecule has 32 heavy (non-hydrogen) atoms. The highest BCUT2D eigenvalue weighted by Gasteiger charge is 2.41. The highest BCUT2D eigenvalue weighted by atomic mass is 127. The second kappa shape index (κ2) is 11.1. The Labute approximate surface area is 204 Å². The van der Waals surface area contributed by atoms with Crippen LogP contribution in [-0.2, 0) is 4.79 Å². The molecule has 2 aromatic carbocycles. The van der Waals surface area contributed by atoms with E-state index < -0.39 is 17.3 Å². The van der Waals surface area contributed by atoms with E-state index >= 15 is 0 Å². The van der Waals surface area contributed by atoms with Crippen molar-refractivity contribution in [1.82, 2.24) is 21.3 Å². The van der Waals surface area contributed by atoms with Gasteiger partial charge in [0.1, 0.15) is 11.4 Å². The van der Waals surface area contributed by atoms with Gasteiger partial charge in [-0.05, 0) is 84.9 Å². The quantitative estimate of drug-likeness (QED) is 0.303. The van der Waals surface area contributed by atoms with Crippen LogP contribution in [0.15, 0.2) is 42.5 Å². The molecule has 2 aromatic rings. The van der Waals surface area contributed by atoms with E-state index in [2.05, 4.69) is 21.3 Å². The average Bonchev–Trinajstić information content (AvgIpc) is 2.77. The van der Waals surface area contributed by atoms with E-state index in [0.29, 0.717) is 40.1 Å². The maximum absolute atomic E-state index is 14.2. The molecule has 0 unspecified atom stereocenters. The van der Waals surface area contributed by atoms with Gasteiger partial charge in [0.25, 0.3) is 11.8 Å². The molecular formula is C22H23ClFIN4O3. The largest absolute Gasteiger partial charge is 0.352 e. The molecule has 1 aliphatic heterocycles. The second-order valence-corrected chi connectivity index (χ2v) is 9.00. The lowest BCUT2D eigenvalue weighted by Crippen LogP contribution is -2.63. The van der Waals surface area contributed by atoms with Gasteiger partial charge in [-0.15, -0.1) is 0 Å². The van der Waals surface area contributed by atoms with Crippen molar-refractivity contribution < 1.29 is 18.8 Å². The Bertz CT molecular complexity index is 977. The lowest BCUT2D eigenvalue weighted by Gasteiger charge is -2.37. The van der Waals surface area contributed by atoms with Gasteiger partial charge in [-0.2, -0.15) is 0 Å². The summed E-state index contributed by atoms with van der Waals surface area (Å²) in [4.78, 5) is 38.0. The Hall–Kier alpha value is -2.24. The molecule has 0 spiro atoms. The van der Waals surface area contributed by atoms with Crippen molar-refractivity contribution in [3.8, 4) is 0 Å². The molecule has 0 atom stereocenters. The molecule has 4 N–H and O–H groups in total. The van der Waals surface area contributed by atoms with Crippen molar-refractivity contribution in [1.29, 1.82) is 0 Å². The van der Waals surface area contributed by atoms with Crippen LogP contribution in [0.3, 0.4) is 0 Å². The molecule has 7 nitrogen and oxygen atoms in total. The van der Waals surface area contributed by atoms with Crippen LogP contribution in [-0.4, -0.2) is 49.4 Å². The van der Waals surface area contributed by atoms with Crippen LogP contribution < -0.4 is 21.3 Å². The first-order valence-corrected chi connectivity index (χ1v) is 11.6. The monoisotopic (exact) mass is 572 g/mol. The summed E-state index contributed by atoms with van der Waals surface area (Å²) in [6.07, 6.45) is 0.736. The van der Waals surface area contributed by atoms with Crippen molar-refractivity contribution in [3.05, 3.63) is 68.0 Å². The van der Waals surface area contributed by atoms with Crippen LogP contribution in [0.2, 0.25) is 5.02 Å². The van der Waals surface area contributed by atoms with Gasteiger partial charge in [0.15, 0.2) is 0 Å². The predicted octanol–water partition coefficient (Wildman–Crippen LogP) is 2.48. The molecule has 0 radical (unpaired) electrons. The fourth-order valence-electron chi connectivity index (χ4n) is 3.48. The summed E-state index contributed by atoms with van der Waals surface area (Å²) >= 11 is 7.72. The predicted molar refractivity (Wildman–Crippen MR) is 128 cm³/mol. The summed E-state index contributed by atoms with van der Waals surface area (Å²) in [6, 6.07) is 10.8. The fourth-order valence-corrected chi connectivity index (χ4v) is 4.32. The number of nitrogens with one attached hydrogen (secondary N) is 4. The van der Waals surface area contributed by atoms with E-state index in [1.807, 2.05) is 22.6 Å². The zero-order valence-electron chi connectivity index (χ0n) is 17.1. The van der Waals surface area contributed by atoms with E-state index in [1.54, 1.807) is 30.3 Å². The first kappa shape index (κ1) is 24.4. The molecule has 0 saturated carbocycles. The second-order valence-electron chi connectivity index (χ2n) is 7.40. The van der Waals surface area contributed by atoms with Gasteiger partial charge in [-0.3, -0.25) is 14.4 Å². The fraction of sp³-hybridized carbons (Fsp3) is 0.318. The minimum atomic E-state index is -1.16. The third-order valence-electron chi connectivity index (χ3n) is 5.24. The summed E-state index contributed by atoms with van der Waals surface area (Å²) < 4.78 is 14.7. The number of benzene rings is 2. The van der Waals surface area contributed by atoms with Crippen LogP contribution in [0.1, 0.15) is 33.6 Å². The number of carbonyl (C=O) groups excluding carboxylic acids is 3. The van der Waals surface area contributed by atoms with Gasteiger partial charge in [0.05, 0.1) is 5.56 Å². The Morgan fingerprint density at radius 2 is 1.66 bits per heavy atom. The number of hydrogen-bond acceptors (Lipinski definition) is 4. The SMILES string of the molecule is O=C(NCCNC(=O)C1(NC(=O)c2c(F)cccc2I)CCNCC1)c1ccc(Cl)cc1. The number of carbonyl (C=O) groups is 3. The third kappa shape index (κ3) is 5.96. The molecule has 3 rings (SSSR count). The van der Waals surface area contributed by atoms with Gasteiger partial charge in [0.2, 0.25) is 5.91 Å². The average molecular weight is 573 g/mol. The van der Waals surface area contributed by atoms with Gasteiger partial charge in [-0.1, -0.05) is 17.7 Å². The van der Waals surface area contributed by atoms with Crippen LogP contribution in [0.25, 0.3) is 0 Å². The maximum Gasteiger partial charge on any atom is 0.256 e. The summed E-state index contributed by atoms with van der Waals surface area (Å²) in [7, 11) is 0. The van der Waals surface area contributed by atoms with E-state index in [1.165, 1.54) is 12.1 Å². The minimum absolute atomic E-state index is 0.0750. The number of piperidine rings is 1. The lowest BCUT2D eigenvalue weighted by molar-refractivity contribution is -0.128. The minimum Gasteiger partial charge on any atom is -0.352 e. The summed E-state index contributed by atoms with van der Waals surface area (Å²) in [5.74, 6) is -1.90. The number of amides is 3. The maximum atomic E-state index is 14.2. The molecule has 10 heteroatoms. The first-order valence-electron chi connectivity index (χ1n) is 10.1. The van der Waals surface area contributed by atoms with Crippen molar-refractivity contribution in [2.45, 2.75) is 18.4 Å². The zero-order chi connectivity index (χ0) is 23.1. The third-order valence-corrected chi connectivity index (χ3v) is 6.39. The first-order chi connectivity index (χ1) is 15.3. The molecule has 0 bridgehead atoms. The van der Waals surface area contributed by atoms with E-state index in [9.17, 15) is 18.8 Å². The molecular weight excluding hydrogens is 550 g/mol. The van der Waals surface area contributed by atoms with Gasteiger partial charge >= 0.3 is 0 Å². The lowest BCUT2D eigenvalue weighted by atomic mass is 9.86. The Balaban J connectivity index is 1.60. The van der Waals surface area contributed by atoms with Crippen molar-refractivity contribution in [2.24, 2.45) is 0 Å². The van der Waals surface area contributed by atoms with Crippen LogP contribution in [0.5, 0.6) is 0 Å². The standard InChI is InChI=1S/C22H23ClFIN4O3/c23-15-6-4-14(5-7-15)19(30)27-12-13-28-21(32)22(8-10-26-11-9-22)29-20(31)18-16(24)2-1-3-17(18)25/h1-7,26H,8-13H2,(H,27,30)(H,28,32)(H,29,31). The van der Waals surface area contributed by atoms with Crippen molar-refractivity contribution >= 4 is 51.9 Å². The van der Waals surface area contributed by atoms with E-state index in [0.717, 1.165) is 0 Å². The summed E-state index contributed by atoms with van der Waals surface area (Å²) in [5.41, 5.74) is -0.773. The molecule has 0 aliphatic carbocycles. The highest BCUT2D eigenvalue weighted by molar-refractivity contribution is 14.1. The Morgan fingerprint density at radius 3 is 2.31 bits per heavy atom. The van der Waals surface area contributed by atoms with Gasteiger partial charge in [-0.25, -0.2) is 4.39 Å².